The highest BCUT2D eigenvalue weighted by Gasteiger charge is 2.33. The number of aliphatic hydroxyl groups is 1. The van der Waals surface area contributed by atoms with Crippen LogP contribution >= 0.6 is 0 Å². The Balaban J connectivity index is 0.000000666. The largest absolute Gasteiger partial charge is 0.481 e. The maximum atomic E-state index is 12.4. The fraction of sp³-hybridized carbons (Fsp3) is 0.310. The highest BCUT2D eigenvalue weighted by atomic mass is 19.4. The lowest BCUT2D eigenvalue weighted by Crippen LogP contribution is -2.08. The maximum Gasteiger partial charge on any atom is 0.416 e. The molecule has 0 heterocycles. The normalized spacial score (nSPS) is 11.3. The molecule has 0 saturated carbocycles. The Morgan fingerprint density at radius 2 is 1.21 bits per heavy atom. The lowest BCUT2D eigenvalue weighted by atomic mass is 10.1. The van der Waals surface area contributed by atoms with Crippen molar-refractivity contribution in [1.29, 1.82) is 0 Å². The molecular weight excluding hydrogens is 659 g/mol. The minimum atomic E-state index is -4.75. The molecule has 0 bridgehead atoms. The Kier molecular flexibility index (Phi) is 15.7. The zero-order valence-electron chi connectivity index (χ0n) is 25.2. The summed E-state index contributed by atoms with van der Waals surface area (Å²) in [6.07, 6.45) is -14.5. The summed E-state index contributed by atoms with van der Waals surface area (Å²) in [4.78, 5) is 30.0. The second kappa shape index (κ2) is 18.3. The Hall–Kier alpha value is -4.87. The summed E-state index contributed by atoms with van der Waals surface area (Å²) in [5.74, 6) is -2.51. The van der Waals surface area contributed by atoms with Crippen LogP contribution in [0.2, 0.25) is 0 Å². The van der Waals surface area contributed by atoms with Crippen molar-refractivity contribution in [1.82, 2.24) is 0 Å². The molecule has 260 valence electrons. The average Bonchev–Trinajstić information content (AvgIpc) is 2.92. The number of carboxylic acid groups (broad SMARTS) is 2. The summed E-state index contributed by atoms with van der Waals surface area (Å²) < 4.78 is 117. The first-order valence-electron chi connectivity index (χ1n) is 13.5. The lowest BCUT2D eigenvalue weighted by molar-refractivity contribution is -0.385. The van der Waals surface area contributed by atoms with Crippen LogP contribution in [-0.2, 0) is 47.4 Å². The van der Waals surface area contributed by atoms with Crippen LogP contribution in [0, 0.1) is 10.1 Å². The first-order chi connectivity index (χ1) is 21.9. The molecule has 3 rings (SSSR count). The van der Waals surface area contributed by atoms with Crippen LogP contribution in [0.5, 0.6) is 0 Å². The van der Waals surface area contributed by atoms with E-state index in [1.165, 1.54) is 18.2 Å². The molecule has 9 nitrogen and oxygen atoms in total. The van der Waals surface area contributed by atoms with Crippen molar-refractivity contribution in [2.45, 2.75) is 51.6 Å². The lowest BCUT2D eigenvalue weighted by Gasteiger charge is -2.09. The van der Waals surface area contributed by atoms with Crippen LogP contribution in [-0.4, -0.2) is 38.8 Å². The van der Waals surface area contributed by atoms with Crippen molar-refractivity contribution >= 4 is 23.3 Å². The van der Waals surface area contributed by atoms with Gasteiger partial charge in [0.15, 0.2) is 0 Å². The van der Waals surface area contributed by atoms with E-state index in [0.29, 0.717) is 24.6 Å². The number of carboxylic acids is 2. The van der Waals surface area contributed by atoms with Gasteiger partial charge in [0.25, 0.3) is 5.69 Å². The van der Waals surface area contributed by atoms with Crippen molar-refractivity contribution in [3.63, 3.8) is 0 Å². The van der Waals surface area contributed by atoms with E-state index in [4.69, 9.17) is 22.4 Å². The van der Waals surface area contributed by atoms with Crippen molar-refractivity contribution < 1.29 is 70.7 Å². The van der Waals surface area contributed by atoms with E-state index in [1.54, 1.807) is 6.92 Å². The number of aliphatic carboxylic acids is 2. The monoisotopic (exact) mass is 689 g/mol. The van der Waals surface area contributed by atoms with Gasteiger partial charge in [0.2, 0.25) is 0 Å². The van der Waals surface area contributed by atoms with Gasteiger partial charge in [-0.15, -0.1) is 0 Å². The number of benzene rings is 3. The smallest absolute Gasteiger partial charge is 0.416 e. The molecule has 3 aromatic rings. The molecule has 0 aliphatic heterocycles. The third kappa shape index (κ3) is 16.3. The SMILES string of the molecule is Nc1cc(CCO)cc(C(F)(F)F)c1.O=C(O)Cc1cc([N+](=O)[O-])cc(C(F)(F)F)c1.O=C(O)Cc1cccc(C(F)(F)F)c1.[2H]CC. The van der Waals surface area contributed by atoms with Crippen LogP contribution in [0.15, 0.2) is 60.7 Å². The Labute approximate surface area is 262 Å². The molecule has 0 aliphatic carbocycles. The van der Waals surface area contributed by atoms with Crippen LogP contribution in [0.4, 0.5) is 50.9 Å². The van der Waals surface area contributed by atoms with Gasteiger partial charge in [-0.25, -0.2) is 0 Å². The van der Waals surface area contributed by atoms with Gasteiger partial charge in [-0.05, 0) is 53.4 Å². The van der Waals surface area contributed by atoms with Gasteiger partial charge in [0.05, 0.1) is 34.5 Å². The number of hydrogen-bond donors (Lipinski definition) is 4. The number of aliphatic hydroxyl groups excluding tert-OH is 1. The molecule has 0 aliphatic rings. The van der Waals surface area contributed by atoms with E-state index in [2.05, 4.69) is 0 Å². The number of rotatable bonds is 7. The molecule has 3 aromatic carbocycles. The molecule has 5 N–H and O–H groups in total. The second-order valence-corrected chi connectivity index (χ2v) is 8.92. The van der Waals surface area contributed by atoms with Gasteiger partial charge in [-0.1, -0.05) is 32.0 Å². The van der Waals surface area contributed by atoms with Gasteiger partial charge in [-0.2, -0.15) is 39.5 Å². The topological polar surface area (TPSA) is 164 Å². The number of hydrogen-bond acceptors (Lipinski definition) is 6. The maximum absolute atomic E-state index is 12.4. The number of non-ortho nitro benzene ring substituents is 1. The van der Waals surface area contributed by atoms with Crippen molar-refractivity contribution in [2.75, 3.05) is 12.3 Å². The summed E-state index contributed by atoms with van der Waals surface area (Å²) in [5, 5.41) is 35.8. The van der Waals surface area contributed by atoms with Gasteiger partial charge in [0, 0.05) is 25.8 Å². The fourth-order valence-corrected chi connectivity index (χ4v) is 3.41. The van der Waals surface area contributed by atoms with Crippen LogP contribution in [0.1, 0.15) is 48.6 Å². The number of nitrogens with zero attached hydrogens (tertiary/aromatic N) is 1. The van der Waals surface area contributed by atoms with Gasteiger partial charge < -0.3 is 21.1 Å². The summed E-state index contributed by atoms with van der Waals surface area (Å²) in [7, 11) is 0. The number of nitro benzene ring substituents is 1. The quantitative estimate of drug-likeness (QED) is 0.0862. The molecule has 18 heteroatoms. The fourth-order valence-electron chi connectivity index (χ4n) is 3.41. The minimum absolute atomic E-state index is 0.0586. The van der Waals surface area contributed by atoms with Gasteiger partial charge >= 0.3 is 30.5 Å². The number of anilines is 1. The highest BCUT2D eigenvalue weighted by molar-refractivity contribution is 5.71. The van der Waals surface area contributed by atoms with E-state index in [1.807, 2.05) is 0 Å². The highest BCUT2D eigenvalue weighted by Crippen LogP contribution is 2.33. The van der Waals surface area contributed by atoms with Crippen LogP contribution in [0.25, 0.3) is 0 Å². The van der Waals surface area contributed by atoms with Crippen molar-refractivity contribution in [3.8, 4) is 0 Å². The number of nitrogens with two attached hydrogens (primary N) is 1. The first-order valence-corrected chi connectivity index (χ1v) is 12.8. The minimum Gasteiger partial charge on any atom is -0.481 e. The molecule has 0 radical (unpaired) electrons. The van der Waals surface area contributed by atoms with Crippen molar-refractivity contribution in [2.24, 2.45) is 0 Å². The van der Waals surface area contributed by atoms with E-state index >= 15 is 0 Å². The van der Waals surface area contributed by atoms with Crippen LogP contribution < -0.4 is 5.73 Å². The summed E-state index contributed by atoms with van der Waals surface area (Å²) in [5.41, 5.74) is 2.02. The zero-order valence-corrected chi connectivity index (χ0v) is 24.2. The summed E-state index contributed by atoms with van der Waals surface area (Å²) in [6, 6.07) is 9.35. The molecule has 0 aromatic heterocycles. The first kappa shape index (κ1) is 40.2. The van der Waals surface area contributed by atoms with E-state index in [9.17, 15) is 59.2 Å². The molecule has 0 amide bonds. The Bertz CT molecular complexity index is 1510. The molecule has 0 fully saturated rings. The second-order valence-electron chi connectivity index (χ2n) is 8.92. The van der Waals surface area contributed by atoms with E-state index in [0.717, 1.165) is 30.3 Å². The summed E-state index contributed by atoms with van der Waals surface area (Å²) in [6.45, 7) is 2.10. The molecule has 0 spiro atoms. The Morgan fingerprint density at radius 1 is 0.766 bits per heavy atom. The predicted molar refractivity (Wildman–Crippen MR) is 150 cm³/mol. The average molecular weight is 690 g/mol. The summed E-state index contributed by atoms with van der Waals surface area (Å²) >= 11 is 0. The van der Waals surface area contributed by atoms with E-state index < -0.39 is 70.6 Å². The number of halogens is 9. The molecule has 0 atom stereocenters. The predicted octanol–water partition coefficient (Wildman–Crippen LogP) is 7.42. The molecule has 0 unspecified atom stereocenters. The molecule has 0 saturated heterocycles. The number of nitrogen functional groups attached to an aromatic ring is 1. The van der Waals surface area contributed by atoms with E-state index in [-0.39, 0.29) is 29.8 Å². The molecule has 47 heavy (non-hydrogen) atoms. The van der Waals surface area contributed by atoms with Crippen molar-refractivity contribution in [3.05, 3.63) is 104 Å². The van der Waals surface area contributed by atoms with Gasteiger partial charge in [-0.3, -0.25) is 19.7 Å². The standard InChI is InChI=1S/C9H6F3NO4.C9H10F3NO.C9H7F3O2.C2H6/c10-9(11,12)6-1-5(3-8(14)15)2-7(4-6)13(16)17;10-9(11,12)7-3-6(1-2-14)4-8(13)5-7;10-9(11,12)7-3-1-2-6(4-7)5-8(13)14;1-2/h1-2,4H,3H2,(H,14,15);3-5,14H,1-2,13H2;1-4H,5H2,(H,13,14);1-2H3/i;;;1D. The number of nitro groups is 1. The molecular formula is C29H29F9N2O7. The third-order valence-corrected chi connectivity index (χ3v) is 5.22. The third-order valence-electron chi connectivity index (χ3n) is 5.22. The Morgan fingerprint density at radius 3 is 1.66 bits per heavy atom. The zero-order chi connectivity index (χ0) is 37.5. The van der Waals surface area contributed by atoms with Gasteiger partial charge in [0.1, 0.15) is 0 Å². The van der Waals surface area contributed by atoms with Crippen LogP contribution in [0.3, 0.4) is 0 Å². The number of alkyl halides is 9. The number of carbonyl (C=O) groups is 2.